The molecule has 0 aromatic heterocycles. The maximum Gasteiger partial charge on any atom is 0.321 e. The second kappa shape index (κ2) is 7.53. The molecule has 0 saturated heterocycles. The standard InChI is InChI=1S/C15H23N3O2/c1-10(2)9-16-15(20)18-14(19)12(4)17-13-7-5-11(3)6-8-13/h5-8,10,12,17H,9H2,1-4H3,(H2,16,18,19,20). The summed E-state index contributed by atoms with van der Waals surface area (Å²) in [5, 5.41) is 8.00. The second-order valence-corrected chi connectivity index (χ2v) is 5.33. The lowest BCUT2D eigenvalue weighted by Crippen LogP contribution is -2.46. The molecular formula is C15H23N3O2. The number of rotatable bonds is 5. The number of amides is 3. The van der Waals surface area contributed by atoms with Crippen molar-refractivity contribution in [1.29, 1.82) is 0 Å². The number of anilines is 1. The van der Waals surface area contributed by atoms with Crippen molar-refractivity contribution in [3.05, 3.63) is 29.8 Å². The van der Waals surface area contributed by atoms with E-state index < -0.39 is 12.1 Å². The smallest absolute Gasteiger partial charge is 0.321 e. The van der Waals surface area contributed by atoms with Gasteiger partial charge in [-0.15, -0.1) is 0 Å². The highest BCUT2D eigenvalue weighted by molar-refractivity contribution is 5.97. The highest BCUT2D eigenvalue weighted by atomic mass is 16.2. The van der Waals surface area contributed by atoms with E-state index in [2.05, 4.69) is 16.0 Å². The number of urea groups is 1. The van der Waals surface area contributed by atoms with Gasteiger partial charge in [0.25, 0.3) is 0 Å². The second-order valence-electron chi connectivity index (χ2n) is 5.33. The maximum atomic E-state index is 11.8. The maximum absolute atomic E-state index is 11.8. The van der Waals surface area contributed by atoms with E-state index in [0.717, 1.165) is 11.3 Å². The average molecular weight is 277 g/mol. The van der Waals surface area contributed by atoms with Crippen LogP contribution in [0.1, 0.15) is 26.3 Å². The summed E-state index contributed by atoms with van der Waals surface area (Å²) in [6.07, 6.45) is 0. The van der Waals surface area contributed by atoms with Crippen LogP contribution in [-0.4, -0.2) is 24.5 Å². The normalized spacial score (nSPS) is 11.8. The molecule has 0 radical (unpaired) electrons. The molecule has 5 nitrogen and oxygen atoms in total. The molecule has 1 aromatic carbocycles. The summed E-state index contributed by atoms with van der Waals surface area (Å²) < 4.78 is 0. The van der Waals surface area contributed by atoms with Crippen LogP contribution in [0.3, 0.4) is 0 Å². The molecule has 0 bridgehead atoms. The summed E-state index contributed by atoms with van der Waals surface area (Å²) >= 11 is 0. The molecule has 3 amide bonds. The largest absolute Gasteiger partial charge is 0.374 e. The molecule has 110 valence electrons. The van der Waals surface area contributed by atoms with Gasteiger partial charge in [-0.1, -0.05) is 31.5 Å². The van der Waals surface area contributed by atoms with Gasteiger partial charge >= 0.3 is 6.03 Å². The molecule has 20 heavy (non-hydrogen) atoms. The first-order valence-electron chi connectivity index (χ1n) is 6.80. The molecule has 0 aliphatic rings. The zero-order valence-electron chi connectivity index (χ0n) is 12.5. The van der Waals surface area contributed by atoms with E-state index in [1.54, 1.807) is 6.92 Å². The van der Waals surface area contributed by atoms with Gasteiger partial charge in [0.2, 0.25) is 5.91 Å². The number of nitrogens with one attached hydrogen (secondary N) is 3. The first-order valence-corrected chi connectivity index (χ1v) is 6.80. The van der Waals surface area contributed by atoms with Gasteiger partial charge in [0.05, 0.1) is 0 Å². The Kier molecular flexibility index (Phi) is 6.03. The van der Waals surface area contributed by atoms with Crippen LogP contribution in [0.2, 0.25) is 0 Å². The Hall–Kier alpha value is -2.04. The summed E-state index contributed by atoms with van der Waals surface area (Å²) in [7, 11) is 0. The van der Waals surface area contributed by atoms with Gasteiger partial charge in [0, 0.05) is 12.2 Å². The Morgan fingerprint density at radius 1 is 1.10 bits per heavy atom. The fourth-order valence-electron chi connectivity index (χ4n) is 1.53. The predicted octanol–water partition coefficient (Wildman–Crippen LogP) is 2.28. The van der Waals surface area contributed by atoms with Crippen LogP contribution in [0.15, 0.2) is 24.3 Å². The van der Waals surface area contributed by atoms with E-state index in [4.69, 9.17) is 0 Å². The average Bonchev–Trinajstić information content (AvgIpc) is 2.39. The van der Waals surface area contributed by atoms with Crippen molar-refractivity contribution in [3.8, 4) is 0 Å². The summed E-state index contributed by atoms with van der Waals surface area (Å²) in [4.78, 5) is 23.3. The van der Waals surface area contributed by atoms with E-state index in [9.17, 15) is 9.59 Å². The summed E-state index contributed by atoms with van der Waals surface area (Å²) in [6.45, 7) is 8.23. The lowest BCUT2D eigenvalue weighted by atomic mass is 10.2. The van der Waals surface area contributed by atoms with Gasteiger partial charge in [0.1, 0.15) is 6.04 Å². The molecular weight excluding hydrogens is 254 g/mol. The van der Waals surface area contributed by atoms with Crippen LogP contribution in [0.4, 0.5) is 10.5 Å². The third-order valence-electron chi connectivity index (χ3n) is 2.74. The number of carbonyl (C=O) groups is 2. The van der Waals surface area contributed by atoms with Crippen LogP contribution < -0.4 is 16.0 Å². The zero-order chi connectivity index (χ0) is 15.1. The Bertz CT molecular complexity index is 455. The van der Waals surface area contributed by atoms with Crippen LogP contribution in [-0.2, 0) is 4.79 Å². The van der Waals surface area contributed by atoms with E-state index in [0.29, 0.717) is 12.5 Å². The molecule has 0 spiro atoms. The fourth-order valence-corrected chi connectivity index (χ4v) is 1.53. The van der Waals surface area contributed by atoms with Crippen LogP contribution in [0, 0.1) is 12.8 Å². The number of aryl methyl sites for hydroxylation is 1. The van der Waals surface area contributed by atoms with Gasteiger partial charge in [-0.05, 0) is 31.9 Å². The molecule has 5 heteroatoms. The van der Waals surface area contributed by atoms with Gasteiger partial charge in [0.15, 0.2) is 0 Å². The van der Waals surface area contributed by atoms with Crippen molar-refractivity contribution in [2.45, 2.75) is 33.7 Å². The SMILES string of the molecule is Cc1ccc(NC(C)C(=O)NC(=O)NCC(C)C)cc1. The molecule has 1 rings (SSSR count). The third kappa shape index (κ3) is 5.73. The van der Waals surface area contributed by atoms with Crippen molar-refractivity contribution in [2.75, 3.05) is 11.9 Å². The van der Waals surface area contributed by atoms with E-state index >= 15 is 0 Å². The lowest BCUT2D eigenvalue weighted by Gasteiger charge is -2.15. The van der Waals surface area contributed by atoms with Crippen LogP contribution in [0.25, 0.3) is 0 Å². The van der Waals surface area contributed by atoms with Gasteiger partial charge in [-0.3, -0.25) is 10.1 Å². The monoisotopic (exact) mass is 277 g/mol. The topological polar surface area (TPSA) is 70.2 Å². The van der Waals surface area contributed by atoms with E-state index in [1.807, 2.05) is 45.0 Å². The van der Waals surface area contributed by atoms with E-state index in [1.165, 1.54) is 0 Å². The third-order valence-corrected chi connectivity index (χ3v) is 2.74. The molecule has 1 atom stereocenters. The minimum Gasteiger partial charge on any atom is -0.374 e. The quantitative estimate of drug-likeness (QED) is 0.773. The van der Waals surface area contributed by atoms with Crippen molar-refractivity contribution in [2.24, 2.45) is 5.92 Å². The Labute approximate surface area is 120 Å². The molecule has 3 N–H and O–H groups in total. The molecule has 0 heterocycles. The first kappa shape index (κ1) is 16.0. The first-order chi connectivity index (χ1) is 9.38. The minimum atomic E-state index is -0.484. The number of carbonyl (C=O) groups excluding carboxylic acids is 2. The Morgan fingerprint density at radius 2 is 1.70 bits per heavy atom. The van der Waals surface area contributed by atoms with Crippen molar-refractivity contribution in [3.63, 3.8) is 0 Å². The van der Waals surface area contributed by atoms with Crippen LogP contribution >= 0.6 is 0 Å². The Morgan fingerprint density at radius 3 is 2.25 bits per heavy atom. The highest BCUT2D eigenvalue weighted by Gasteiger charge is 2.15. The van der Waals surface area contributed by atoms with Crippen LogP contribution in [0.5, 0.6) is 0 Å². The fraction of sp³-hybridized carbons (Fsp3) is 0.467. The molecule has 0 saturated carbocycles. The van der Waals surface area contributed by atoms with Gasteiger partial charge in [-0.25, -0.2) is 4.79 Å². The van der Waals surface area contributed by atoms with Gasteiger partial charge < -0.3 is 10.6 Å². The highest BCUT2D eigenvalue weighted by Crippen LogP contribution is 2.09. The number of imide groups is 1. The number of benzene rings is 1. The summed E-state index contributed by atoms with van der Waals surface area (Å²) in [5.41, 5.74) is 2.00. The Balaban J connectivity index is 2.42. The molecule has 0 aliphatic carbocycles. The number of hydrogen-bond acceptors (Lipinski definition) is 3. The van der Waals surface area contributed by atoms with E-state index in [-0.39, 0.29) is 5.91 Å². The number of hydrogen-bond donors (Lipinski definition) is 3. The van der Waals surface area contributed by atoms with Gasteiger partial charge in [-0.2, -0.15) is 0 Å². The lowest BCUT2D eigenvalue weighted by molar-refractivity contribution is -0.120. The zero-order valence-corrected chi connectivity index (χ0v) is 12.5. The van der Waals surface area contributed by atoms with Crippen molar-refractivity contribution >= 4 is 17.6 Å². The van der Waals surface area contributed by atoms with Crippen molar-refractivity contribution < 1.29 is 9.59 Å². The summed E-state index contributed by atoms with van der Waals surface area (Å²) in [5.74, 6) is -0.00853. The molecule has 0 aliphatic heterocycles. The predicted molar refractivity (Wildman–Crippen MR) is 80.6 cm³/mol. The minimum absolute atomic E-state index is 0.346. The molecule has 1 unspecified atom stereocenters. The summed E-state index contributed by atoms with van der Waals surface area (Å²) in [6, 6.07) is 6.78. The molecule has 1 aromatic rings. The van der Waals surface area contributed by atoms with Crippen molar-refractivity contribution in [1.82, 2.24) is 10.6 Å². The molecule has 0 fully saturated rings.